The molecule has 0 aliphatic rings. The topological polar surface area (TPSA) is 38.0 Å². The Morgan fingerprint density at radius 2 is 2.05 bits per heavy atom. The number of halogens is 3. The van der Waals surface area contributed by atoms with Gasteiger partial charge in [-0.2, -0.15) is 0 Å². The fourth-order valence-corrected chi connectivity index (χ4v) is 2.70. The fourth-order valence-electron chi connectivity index (χ4n) is 1.73. The molecule has 0 unspecified atom stereocenters. The minimum Gasteiger partial charge on any atom is -0.389 e. The number of thiocarbonyl (C=S) groups is 1. The van der Waals surface area contributed by atoms with Crippen LogP contribution in [0.15, 0.2) is 34.8 Å². The zero-order valence-electron chi connectivity index (χ0n) is 10.5. The van der Waals surface area contributed by atoms with Gasteiger partial charge in [0.25, 0.3) is 0 Å². The number of anilines is 2. The number of benzene rings is 2. The zero-order valence-corrected chi connectivity index (χ0v) is 13.7. The molecule has 0 spiro atoms. The van der Waals surface area contributed by atoms with Gasteiger partial charge in [-0.3, -0.25) is 0 Å². The molecule has 20 heavy (non-hydrogen) atoms. The van der Waals surface area contributed by atoms with Crippen LogP contribution in [0.5, 0.6) is 0 Å². The first-order chi connectivity index (χ1) is 9.38. The molecular weight excluding hydrogens is 363 g/mol. The predicted molar refractivity (Wildman–Crippen MR) is 89.5 cm³/mol. The van der Waals surface area contributed by atoms with Gasteiger partial charge in [-0.15, -0.1) is 0 Å². The summed E-state index contributed by atoms with van der Waals surface area (Å²) in [6.07, 6.45) is 0. The van der Waals surface area contributed by atoms with Gasteiger partial charge in [0, 0.05) is 16.9 Å². The Balaban J connectivity index is 2.33. The molecule has 0 radical (unpaired) electrons. The number of aryl methyl sites for hydroxylation is 1. The summed E-state index contributed by atoms with van der Waals surface area (Å²) >= 11 is 14.1. The summed E-state index contributed by atoms with van der Waals surface area (Å²) in [5.41, 5.74) is 8.48. The van der Waals surface area contributed by atoms with Crippen molar-refractivity contribution in [3.05, 3.63) is 56.8 Å². The van der Waals surface area contributed by atoms with Crippen molar-refractivity contribution in [1.29, 1.82) is 0 Å². The van der Waals surface area contributed by atoms with Gasteiger partial charge >= 0.3 is 0 Å². The fraction of sp³-hybridized carbons (Fsp3) is 0.0714. The van der Waals surface area contributed by atoms with Gasteiger partial charge in [0.2, 0.25) is 0 Å². The average molecular weight is 374 g/mol. The number of hydrogen-bond donors (Lipinski definition) is 2. The Morgan fingerprint density at radius 3 is 2.65 bits per heavy atom. The van der Waals surface area contributed by atoms with Crippen LogP contribution in [-0.2, 0) is 0 Å². The lowest BCUT2D eigenvalue weighted by Crippen LogP contribution is -2.10. The lowest BCUT2D eigenvalue weighted by atomic mass is 10.1. The molecule has 0 bridgehead atoms. The van der Waals surface area contributed by atoms with E-state index < -0.39 is 0 Å². The first kappa shape index (κ1) is 15.2. The van der Waals surface area contributed by atoms with E-state index in [1.807, 2.05) is 6.92 Å². The van der Waals surface area contributed by atoms with Crippen LogP contribution in [0.1, 0.15) is 11.1 Å². The molecule has 0 fully saturated rings. The lowest BCUT2D eigenvalue weighted by molar-refractivity contribution is 0.621. The highest BCUT2D eigenvalue weighted by Gasteiger charge is 2.08. The standard InChI is InChI=1S/C14H11BrClFN2S/c1-7-4-10(15)12(17)6-13(7)19-8-2-3-9(14(18)20)11(16)5-8/h2-6,19H,1H3,(H2,18,20). The number of nitrogens with two attached hydrogens (primary N) is 1. The monoisotopic (exact) mass is 372 g/mol. The summed E-state index contributed by atoms with van der Waals surface area (Å²) in [6, 6.07) is 8.37. The first-order valence-electron chi connectivity index (χ1n) is 5.70. The molecule has 2 nitrogen and oxygen atoms in total. The van der Waals surface area contributed by atoms with Crippen molar-refractivity contribution in [2.75, 3.05) is 5.32 Å². The molecule has 104 valence electrons. The number of hydrogen-bond acceptors (Lipinski definition) is 2. The molecule has 0 heterocycles. The highest BCUT2D eigenvalue weighted by atomic mass is 79.9. The van der Waals surface area contributed by atoms with Crippen LogP contribution in [0.4, 0.5) is 15.8 Å². The lowest BCUT2D eigenvalue weighted by Gasteiger charge is -2.12. The Morgan fingerprint density at radius 1 is 1.35 bits per heavy atom. The largest absolute Gasteiger partial charge is 0.389 e. The van der Waals surface area contributed by atoms with Crippen molar-refractivity contribution < 1.29 is 4.39 Å². The zero-order chi connectivity index (χ0) is 14.9. The molecule has 0 aliphatic heterocycles. The number of nitrogens with one attached hydrogen (secondary N) is 1. The molecule has 2 rings (SSSR count). The van der Waals surface area contributed by atoms with E-state index in [0.717, 1.165) is 11.3 Å². The van der Waals surface area contributed by atoms with Gasteiger partial charge in [0.05, 0.1) is 9.50 Å². The van der Waals surface area contributed by atoms with Crippen molar-refractivity contribution >= 4 is 56.1 Å². The van der Waals surface area contributed by atoms with Gasteiger partial charge in [0.15, 0.2) is 0 Å². The normalized spacial score (nSPS) is 10.4. The van der Waals surface area contributed by atoms with E-state index in [4.69, 9.17) is 29.6 Å². The average Bonchev–Trinajstić information content (AvgIpc) is 2.35. The van der Waals surface area contributed by atoms with Crippen molar-refractivity contribution in [2.24, 2.45) is 5.73 Å². The SMILES string of the molecule is Cc1cc(Br)c(F)cc1Nc1ccc(C(N)=S)c(Cl)c1. The van der Waals surface area contributed by atoms with E-state index in [9.17, 15) is 4.39 Å². The van der Waals surface area contributed by atoms with E-state index in [1.165, 1.54) is 6.07 Å². The van der Waals surface area contributed by atoms with Gasteiger partial charge < -0.3 is 11.1 Å². The second kappa shape index (κ2) is 6.08. The molecule has 0 atom stereocenters. The molecule has 2 aromatic rings. The molecule has 0 aliphatic carbocycles. The third kappa shape index (κ3) is 3.29. The third-order valence-electron chi connectivity index (χ3n) is 2.78. The van der Waals surface area contributed by atoms with Crippen LogP contribution in [-0.4, -0.2) is 4.99 Å². The van der Waals surface area contributed by atoms with Crippen molar-refractivity contribution in [2.45, 2.75) is 6.92 Å². The summed E-state index contributed by atoms with van der Waals surface area (Å²) in [4.78, 5) is 0.243. The highest BCUT2D eigenvalue weighted by Crippen LogP contribution is 2.28. The highest BCUT2D eigenvalue weighted by molar-refractivity contribution is 9.10. The molecule has 3 N–H and O–H groups in total. The number of rotatable bonds is 3. The summed E-state index contributed by atoms with van der Waals surface area (Å²) < 4.78 is 14.0. The van der Waals surface area contributed by atoms with Crippen LogP contribution >= 0.6 is 39.7 Å². The Labute approximate surface area is 135 Å². The van der Waals surface area contributed by atoms with Crippen molar-refractivity contribution in [3.8, 4) is 0 Å². The van der Waals surface area contributed by atoms with Crippen LogP contribution in [0.25, 0.3) is 0 Å². The summed E-state index contributed by atoms with van der Waals surface area (Å²) in [6.45, 7) is 1.89. The summed E-state index contributed by atoms with van der Waals surface area (Å²) in [5.74, 6) is -0.330. The Bertz CT molecular complexity index is 691. The van der Waals surface area contributed by atoms with E-state index in [1.54, 1.807) is 24.3 Å². The van der Waals surface area contributed by atoms with Crippen LogP contribution in [0.2, 0.25) is 5.02 Å². The molecule has 6 heteroatoms. The van der Waals surface area contributed by atoms with E-state index in [0.29, 0.717) is 20.7 Å². The first-order valence-corrected chi connectivity index (χ1v) is 7.28. The predicted octanol–water partition coefficient (Wildman–Crippen LogP) is 4.93. The molecule has 2 aromatic carbocycles. The maximum Gasteiger partial charge on any atom is 0.139 e. The van der Waals surface area contributed by atoms with E-state index in [2.05, 4.69) is 21.2 Å². The van der Waals surface area contributed by atoms with Gasteiger partial charge in [-0.05, 0) is 58.7 Å². The van der Waals surface area contributed by atoms with Gasteiger partial charge in [0.1, 0.15) is 10.8 Å². The minimum atomic E-state index is -0.330. The second-order valence-electron chi connectivity index (χ2n) is 4.27. The maximum absolute atomic E-state index is 13.6. The summed E-state index contributed by atoms with van der Waals surface area (Å²) in [7, 11) is 0. The van der Waals surface area contributed by atoms with Gasteiger partial charge in [-0.25, -0.2) is 4.39 Å². The van der Waals surface area contributed by atoms with Crippen LogP contribution in [0, 0.1) is 12.7 Å². The van der Waals surface area contributed by atoms with Crippen LogP contribution < -0.4 is 11.1 Å². The van der Waals surface area contributed by atoms with Gasteiger partial charge in [-0.1, -0.05) is 23.8 Å². The second-order valence-corrected chi connectivity index (χ2v) is 5.97. The Hall–Kier alpha value is -1.17. The molecule has 0 saturated carbocycles. The minimum absolute atomic E-state index is 0.243. The smallest absolute Gasteiger partial charge is 0.139 e. The molecular formula is C14H11BrClFN2S. The van der Waals surface area contributed by atoms with E-state index >= 15 is 0 Å². The Kier molecular flexibility index (Phi) is 4.62. The third-order valence-corrected chi connectivity index (χ3v) is 3.92. The quantitative estimate of drug-likeness (QED) is 0.749. The van der Waals surface area contributed by atoms with Crippen molar-refractivity contribution in [3.63, 3.8) is 0 Å². The van der Waals surface area contributed by atoms with Crippen molar-refractivity contribution in [1.82, 2.24) is 0 Å². The maximum atomic E-state index is 13.6. The van der Waals surface area contributed by atoms with E-state index in [-0.39, 0.29) is 10.8 Å². The molecule has 0 saturated heterocycles. The molecule has 0 aromatic heterocycles. The molecule has 0 amide bonds. The summed E-state index contributed by atoms with van der Waals surface area (Å²) in [5, 5.41) is 3.57. The van der Waals surface area contributed by atoms with Crippen LogP contribution in [0.3, 0.4) is 0 Å².